The van der Waals surface area contributed by atoms with Crippen LogP contribution in [0, 0.1) is 17.5 Å². The fourth-order valence-electron chi connectivity index (χ4n) is 0.799. The minimum absolute atomic E-state index is 0.997. The second-order valence-corrected chi connectivity index (χ2v) is 5.60. The Morgan fingerprint density at radius 1 is 0.867 bits per heavy atom. The average molecular weight is 299 g/mol. The maximum atomic E-state index is 13.0. The molecule has 1 aromatic carbocycles. The molecule has 0 aliphatic heterocycles. The summed E-state index contributed by atoms with van der Waals surface area (Å²) >= 11 is 10.3. The number of halogens is 6. The Kier molecular flexibility index (Phi) is 3.45. The van der Waals surface area contributed by atoms with Crippen molar-refractivity contribution in [2.75, 3.05) is 0 Å². The lowest BCUT2D eigenvalue weighted by Crippen LogP contribution is -2.03. The topological polar surface area (TPSA) is 34.1 Å². The molecule has 0 atom stereocenters. The predicted molar refractivity (Wildman–Crippen MR) is 49.4 cm³/mol. The van der Waals surface area contributed by atoms with E-state index in [0.717, 1.165) is 0 Å². The zero-order valence-corrected chi connectivity index (χ0v) is 9.58. The zero-order chi connectivity index (χ0) is 12.0. The lowest BCUT2D eigenvalue weighted by atomic mass is 10.3. The summed E-state index contributed by atoms with van der Waals surface area (Å²) in [6, 6.07) is 0. The van der Waals surface area contributed by atoms with Crippen molar-refractivity contribution >= 4 is 42.9 Å². The third-order valence-electron chi connectivity index (χ3n) is 1.41. The number of rotatable bonds is 1. The van der Waals surface area contributed by atoms with Gasteiger partial charge in [-0.25, -0.2) is 21.6 Å². The summed E-state index contributed by atoms with van der Waals surface area (Å²) in [5, 5.41) is -2.04. The van der Waals surface area contributed by atoms with E-state index in [1.165, 1.54) is 0 Å². The van der Waals surface area contributed by atoms with E-state index in [1.807, 2.05) is 0 Å². The lowest BCUT2D eigenvalue weighted by Gasteiger charge is -2.06. The first-order valence-corrected chi connectivity index (χ1v) is 6.20. The quantitative estimate of drug-likeness (QED) is 0.453. The van der Waals surface area contributed by atoms with Crippen LogP contribution in [0.5, 0.6) is 0 Å². The summed E-state index contributed by atoms with van der Waals surface area (Å²) in [6.45, 7) is 0. The fraction of sp³-hybridized carbons (Fsp3) is 0. The minimum atomic E-state index is -4.65. The van der Waals surface area contributed by atoms with Crippen LogP contribution in [0.1, 0.15) is 0 Å². The third-order valence-corrected chi connectivity index (χ3v) is 3.69. The molecule has 9 heteroatoms. The first-order chi connectivity index (χ1) is 6.68. The first kappa shape index (κ1) is 12.9. The highest BCUT2D eigenvalue weighted by molar-refractivity contribution is 8.13. The molecule has 0 aliphatic rings. The fourth-order valence-corrected chi connectivity index (χ4v) is 2.68. The Labute approximate surface area is 97.0 Å². The van der Waals surface area contributed by atoms with Gasteiger partial charge in [-0.15, -0.1) is 0 Å². The van der Waals surface area contributed by atoms with E-state index in [4.69, 9.17) is 33.9 Å². The molecule has 0 radical (unpaired) electrons. The van der Waals surface area contributed by atoms with Crippen molar-refractivity contribution in [3.05, 3.63) is 27.5 Å². The predicted octanol–water partition coefficient (Wildman–Crippen LogP) is 3.34. The highest BCUT2D eigenvalue weighted by Crippen LogP contribution is 2.37. The van der Waals surface area contributed by atoms with E-state index in [2.05, 4.69) is 0 Å². The van der Waals surface area contributed by atoms with Gasteiger partial charge >= 0.3 is 0 Å². The van der Waals surface area contributed by atoms with Crippen molar-refractivity contribution in [1.82, 2.24) is 0 Å². The van der Waals surface area contributed by atoms with Crippen LogP contribution < -0.4 is 0 Å². The molecule has 0 saturated carbocycles. The Morgan fingerprint density at radius 3 is 1.73 bits per heavy atom. The molecule has 0 unspecified atom stereocenters. The van der Waals surface area contributed by atoms with Gasteiger partial charge in [0.15, 0.2) is 17.5 Å². The molecule has 15 heavy (non-hydrogen) atoms. The van der Waals surface area contributed by atoms with Gasteiger partial charge in [0.1, 0.15) is 4.90 Å². The monoisotopic (exact) mass is 298 g/mol. The van der Waals surface area contributed by atoms with Crippen LogP contribution in [-0.2, 0) is 9.05 Å². The molecule has 0 amide bonds. The van der Waals surface area contributed by atoms with Gasteiger partial charge in [0.25, 0.3) is 9.05 Å². The standard InChI is InChI=1S/C6Cl3F3O2S/c7-1-2(8)6(15(9,13)14)5(12)4(11)3(1)10. The highest BCUT2D eigenvalue weighted by atomic mass is 35.7. The van der Waals surface area contributed by atoms with Crippen LogP contribution in [0.25, 0.3) is 0 Å². The third kappa shape index (κ3) is 2.18. The van der Waals surface area contributed by atoms with Crippen molar-refractivity contribution in [2.45, 2.75) is 4.90 Å². The first-order valence-electron chi connectivity index (χ1n) is 3.14. The van der Waals surface area contributed by atoms with Gasteiger partial charge in [-0.3, -0.25) is 0 Å². The second-order valence-electron chi connectivity index (χ2n) is 2.34. The number of benzene rings is 1. The van der Waals surface area contributed by atoms with Gasteiger partial charge in [0, 0.05) is 10.7 Å². The molecule has 1 aromatic rings. The highest BCUT2D eigenvalue weighted by Gasteiger charge is 2.29. The van der Waals surface area contributed by atoms with Gasteiger partial charge in [-0.2, -0.15) is 0 Å². The van der Waals surface area contributed by atoms with E-state index in [-0.39, 0.29) is 0 Å². The molecule has 0 N–H and O–H groups in total. The molecular weight excluding hydrogens is 299 g/mol. The summed E-state index contributed by atoms with van der Waals surface area (Å²) in [6.07, 6.45) is 0. The molecule has 0 fully saturated rings. The largest absolute Gasteiger partial charge is 0.265 e. The average Bonchev–Trinajstić information content (AvgIpc) is 2.09. The smallest absolute Gasteiger partial charge is 0.207 e. The number of hydrogen-bond acceptors (Lipinski definition) is 2. The Balaban J connectivity index is 3.84. The van der Waals surface area contributed by atoms with Crippen molar-refractivity contribution in [1.29, 1.82) is 0 Å². The second kappa shape index (κ2) is 4.01. The molecule has 0 heterocycles. The van der Waals surface area contributed by atoms with Gasteiger partial charge in [-0.1, -0.05) is 23.2 Å². The van der Waals surface area contributed by atoms with Crippen molar-refractivity contribution in [3.8, 4) is 0 Å². The van der Waals surface area contributed by atoms with Crippen LogP contribution in [0.3, 0.4) is 0 Å². The molecule has 0 saturated heterocycles. The van der Waals surface area contributed by atoms with E-state index in [1.54, 1.807) is 0 Å². The van der Waals surface area contributed by atoms with Crippen molar-refractivity contribution in [3.63, 3.8) is 0 Å². The molecule has 1 rings (SSSR count). The molecule has 0 aromatic heterocycles. The summed E-state index contributed by atoms with van der Waals surface area (Å²) in [5.74, 6) is -5.83. The number of hydrogen-bond donors (Lipinski definition) is 0. The molecule has 84 valence electrons. The van der Waals surface area contributed by atoms with Crippen molar-refractivity contribution < 1.29 is 21.6 Å². The van der Waals surface area contributed by atoms with Gasteiger partial charge in [0.05, 0.1) is 10.0 Å². The maximum absolute atomic E-state index is 13.0. The Bertz CT molecular complexity index is 500. The van der Waals surface area contributed by atoms with Crippen LogP contribution in [0.15, 0.2) is 4.90 Å². The summed E-state index contributed by atoms with van der Waals surface area (Å²) < 4.78 is 60.0. The normalized spacial score (nSPS) is 11.9. The maximum Gasteiger partial charge on any atom is 0.265 e. The van der Waals surface area contributed by atoms with E-state index in [0.29, 0.717) is 0 Å². The van der Waals surface area contributed by atoms with Crippen LogP contribution in [0.4, 0.5) is 13.2 Å². The Hall–Kier alpha value is -0.170. The molecule has 0 spiro atoms. The zero-order valence-electron chi connectivity index (χ0n) is 6.49. The van der Waals surface area contributed by atoms with E-state index in [9.17, 15) is 21.6 Å². The summed E-state index contributed by atoms with van der Waals surface area (Å²) in [4.78, 5) is -1.38. The van der Waals surface area contributed by atoms with Crippen molar-refractivity contribution in [2.24, 2.45) is 0 Å². The molecule has 2 nitrogen and oxygen atoms in total. The van der Waals surface area contributed by atoms with E-state index < -0.39 is 41.4 Å². The Morgan fingerprint density at radius 2 is 1.33 bits per heavy atom. The lowest BCUT2D eigenvalue weighted by molar-refractivity contribution is 0.433. The minimum Gasteiger partial charge on any atom is -0.207 e. The molecule has 0 aliphatic carbocycles. The van der Waals surface area contributed by atoms with Gasteiger partial charge in [-0.05, 0) is 0 Å². The summed E-state index contributed by atoms with van der Waals surface area (Å²) in [7, 11) is 0.114. The van der Waals surface area contributed by atoms with E-state index >= 15 is 0 Å². The molecular formula is C6Cl3F3O2S. The van der Waals surface area contributed by atoms with Crippen LogP contribution >= 0.6 is 33.9 Å². The molecule has 0 bridgehead atoms. The van der Waals surface area contributed by atoms with Gasteiger partial charge < -0.3 is 0 Å². The van der Waals surface area contributed by atoms with Crippen LogP contribution in [-0.4, -0.2) is 8.42 Å². The SMILES string of the molecule is O=S(=O)(Cl)c1c(F)c(F)c(F)c(Cl)c1Cl. The summed E-state index contributed by atoms with van der Waals surface area (Å²) in [5.41, 5.74) is 0. The van der Waals surface area contributed by atoms with Crippen LogP contribution in [0.2, 0.25) is 10.0 Å². The van der Waals surface area contributed by atoms with Gasteiger partial charge in [0.2, 0.25) is 0 Å².